The number of carboxylic acids is 1. The summed E-state index contributed by atoms with van der Waals surface area (Å²) in [7, 11) is 0. The smallest absolute Gasteiger partial charge is 0.337 e. The Morgan fingerprint density at radius 3 is 2.65 bits per heavy atom. The van der Waals surface area contributed by atoms with E-state index >= 15 is 0 Å². The van der Waals surface area contributed by atoms with E-state index in [2.05, 4.69) is 22.0 Å². The summed E-state index contributed by atoms with van der Waals surface area (Å²) in [5.74, 6) is -0.0913. The van der Waals surface area contributed by atoms with Gasteiger partial charge in [0, 0.05) is 12.7 Å². The van der Waals surface area contributed by atoms with Crippen LogP contribution >= 0.6 is 0 Å². The van der Waals surface area contributed by atoms with Gasteiger partial charge < -0.3 is 10.0 Å². The lowest BCUT2D eigenvalue weighted by molar-refractivity contribution is 0.0696. The van der Waals surface area contributed by atoms with Crippen LogP contribution < -0.4 is 4.90 Å². The Hall–Kier alpha value is -2.36. The highest BCUT2D eigenvalue weighted by Crippen LogP contribution is 2.34. The Morgan fingerprint density at radius 1 is 1.20 bits per heavy atom. The van der Waals surface area contributed by atoms with Crippen LogP contribution in [-0.4, -0.2) is 22.6 Å². The summed E-state index contributed by atoms with van der Waals surface area (Å²) in [5.41, 5.74) is 1.51. The fourth-order valence-electron chi connectivity index (χ4n) is 2.75. The molecule has 1 aromatic carbocycles. The first-order valence-electron chi connectivity index (χ1n) is 6.76. The summed E-state index contributed by atoms with van der Waals surface area (Å²) < 4.78 is 0. The molecule has 1 atom stereocenters. The summed E-state index contributed by atoms with van der Waals surface area (Å²) in [6.07, 6.45) is 3.66. The highest BCUT2D eigenvalue weighted by molar-refractivity contribution is 5.87. The minimum Gasteiger partial charge on any atom is -0.478 e. The third kappa shape index (κ3) is 2.37. The van der Waals surface area contributed by atoms with E-state index in [9.17, 15) is 4.79 Å². The lowest BCUT2D eigenvalue weighted by Crippen LogP contribution is -2.23. The summed E-state index contributed by atoms with van der Waals surface area (Å²) in [6.45, 7) is 0.957. The van der Waals surface area contributed by atoms with E-state index in [1.165, 1.54) is 11.8 Å². The molecule has 0 amide bonds. The third-order valence-corrected chi connectivity index (χ3v) is 3.73. The Labute approximate surface area is 117 Å². The quantitative estimate of drug-likeness (QED) is 0.929. The van der Waals surface area contributed by atoms with Gasteiger partial charge in [0.25, 0.3) is 0 Å². The second-order valence-electron chi connectivity index (χ2n) is 4.97. The topological polar surface area (TPSA) is 53.4 Å². The molecule has 2 aromatic rings. The maximum atomic E-state index is 10.9. The van der Waals surface area contributed by atoms with Gasteiger partial charge in [0.1, 0.15) is 5.82 Å². The Balaban J connectivity index is 1.87. The number of aromatic nitrogens is 1. The number of anilines is 1. The zero-order valence-electron chi connectivity index (χ0n) is 11.1. The van der Waals surface area contributed by atoms with E-state index in [1.807, 2.05) is 18.2 Å². The van der Waals surface area contributed by atoms with Crippen LogP contribution in [0.3, 0.4) is 0 Å². The van der Waals surface area contributed by atoms with Crippen LogP contribution in [-0.2, 0) is 0 Å². The molecule has 102 valence electrons. The second-order valence-corrected chi connectivity index (χ2v) is 4.97. The average Bonchev–Trinajstić information content (AvgIpc) is 2.97. The number of hydrogen-bond donors (Lipinski definition) is 1. The molecule has 1 fully saturated rings. The highest BCUT2D eigenvalue weighted by Gasteiger charge is 2.26. The Kier molecular flexibility index (Phi) is 3.37. The zero-order valence-corrected chi connectivity index (χ0v) is 11.1. The van der Waals surface area contributed by atoms with E-state index < -0.39 is 5.97 Å². The first-order valence-corrected chi connectivity index (χ1v) is 6.76. The maximum absolute atomic E-state index is 10.9. The van der Waals surface area contributed by atoms with E-state index in [-0.39, 0.29) is 5.56 Å². The predicted molar refractivity (Wildman–Crippen MR) is 77.0 cm³/mol. The normalized spacial score (nSPS) is 18.2. The van der Waals surface area contributed by atoms with Crippen molar-refractivity contribution in [3.63, 3.8) is 0 Å². The molecule has 4 heteroatoms. The third-order valence-electron chi connectivity index (χ3n) is 3.73. The molecule has 0 saturated carbocycles. The van der Waals surface area contributed by atoms with Crippen LogP contribution in [0.15, 0.2) is 48.7 Å². The van der Waals surface area contributed by atoms with Gasteiger partial charge in [-0.2, -0.15) is 0 Å². The van der Waals surface area contributed by atoms with Crippen LogP contribution in [0.25, 0.3) is 0 Å². The number of carboxylic acid groups (broad SMARTS) is 1. The van der Waals surface area contributed by atoms with Crippen molar-refractivity contribution < 1.29 is 9.90 Å². The molecule has 1 aliphatic heterocycles. The van der Waals surface area contributed by atoms with Crippen molar-refractivity contribution in [3.8, 4) is 0 Å². The molecule has 20 heavy (non-hydrogen) atoms. The first kappa shape index (κ1) is 12.7. The standard InChI is InChI=1S/C16H16N2O2/c19-16(20)13-8-9-15(17-11-13)18-10-4-7-14(18)12-5-2-1-3-6-12/h1-3,5-6,8-9,11,14H,4,7,10H2,(H,19,20). The second kappa shape index (κ2) is 5.33. The van der Waals surface area contributed by atoms with Gasteiger partial charge in [0.05, 0.1) is 11.6 Å². The number of nitrogens with zero attached hydrogens (tertiary/aromatic N) is 2. The average molecular weight is 268 g/mol. The highest BCUT2D eigenvalue weighted by atomic mass is 16.4. The minimum absolute atomic E-state index is 0.226. The zero-order chi connectivity index (χ0) is 13.9. The number of pyridine rings is 1. The molecule has 2 heterocycles. The Bertz CT molecular complexity index is 596. The van der Waals surface area contributed by atoms with Crippen molar-refractivity contribution in [1.82, 2.24) is 4.98 Å². The number of benzene rings is 1. The molecule has 1 saturated heterocycles. The van der Waals surface area contributed by atoms with Gasteiger partial charge in [0.15, 0.2) is 0 Å². The van der Waals surface area contributed by atoms with Crippen molar-refractivity contribution in [2.75, 3.05) is 11.4 Å². The van der Waals surface area contributed by atoms with Gasteiger partial charge in [-0.3, -0.25) is 0 Å². The van der Waals surface area contributed by atoms with Gasteiger partial charge in [0.2, 0.25) is 0 Å². The summed E-state index contributed by atoms with van der Waals surface area (Å²) in [5, 5.41) is 8.92. The number of rotatable bonds is 3. The van der Waals surface area contributed by atoms with Gasteiger partial charge in [-0.15, -0.1) is 0 Å². The first-order chi connectivity index (χ1) is 9.75. The van der Waals surface area contributed by atoms with Crippen LogP contribution in [0.1, 0.15) is 34.8 Å². The Morgan fingerprint density at radius 2 is 2.00 bits per heavy atom. The lowest BCUT2D eigenvalue weighted by Gasteiger charge is -2.26. The van der Waals surface area contributed by atoms with Crippen molar-refractivity contribution in [2.45, 2.75) is 18.9 Å². The molecule has 1 N–H and O–H groups in total. The van der Waals surface area contributed by atoms with Crippen molar-refractivity contribution >= 4 is 11.8 Å². The van der Waals surface area contributed by atoms with E-state index in [1.54, 1.807) is 12.1 Å². The van der Waals surface area contributed by atoms with Gasteiger partial charge >= 0.3 is 5.97 Å². The number of hydrogen-bond acceptors (Lipinski definition) is 3. The fourth-order valence-corrected chi connectivity index (χ4v) is 2.75. The molecule has 1 unspecified atom stereocenters. The van der Waals surface area contributed by atoms with Crippen LogP contribution in [0.5, 0.6) is 0 Å². The van der Waals surface area contributed by atoms with Crippen LogP contribution in [0, 0.1) is 0 Å². The molecular weight excluding hydrogens is 252 g/mol. The molecule has 3 rings (SSSR count). The van der Waals surface area contributed by atoms with Gasteiger partial charge in [-0.25, -0.2) is 9.78 Å². The molecule has 0 spiro atoms. The molecule has 0 bridgehead atoms. The van der Waals surface area contributed by atoms with Crippen molar-refractivity contribution in [2.24, 2.45) is 0 Å². The SMILES string of the molecule is O=C(O)c1ccc(N2CCCC2c2ccccc2)nc1. The van der Waals surface area contributed by atoms with Gasteiger partial charge in [-0.05, 0) is 30.5 Å². The largest absolute Gasteiger partial charge is 0.478 e. The number of aromatic carboxylic acids is 1. The molecular formula is C16H16N2O2. The monoisotopic (exact) mass is 268 g/mol. The molecule has 1 aliphatic rings. The van der Waals surface area contributed by atoms with Crippen molar-refractivity contribution in [1.29, 1.82) is 0 Å². The van der Waals surface area contributed by atoms with Crippen molar-refractivity contribution in [3.05, 3.63) is 59.8 Å². The summed E-state index contributed by atoms with van der Waals surface area (Å²) in [4.78, 5) is 17.4. The van der Waals surface area contributed by atoms with Crippen LogP contribution in [0.2, 0.25) is 0 Å². The van der Waals surface area contributed by atoms with Crippen LogP contribution in [0.4, 0.5) is 5.82 Å². The summed E-state index contributed by atoms with van der Waals surface area (Å²) in [6, 6.07) is 14.1. The predicted octanol–water partition coefficient (Wildman–Crippen LogP) is 3.12. The maximum Gasteiger partial charge on any atom is 0.337 e. The molecule has 0 aliphatic carbocycles. The molecule has 0 radical (unpaired) electrons. The minimum atomic E-state index is -0.940. The van der Waals surface area contributed by atoms with E-state index in [0.717, 1.165) is 25.2 Å². The van der Waals surface area contributed by atoms with E-state index in [4.69, 9.17) is 5.11 Å². The van der Waals surface area contributed by atoms with Gasteiger partial charge in [-0.1, -0.05) is 30.3 Å². The lowest BCUT2D eigenvalue weighted by atomic mass is 10.0. The fraction of sp³-hybridized carbons (Fsp3) is 0.250. The van der Waals surface area contributed by atoms with E-state index in [0.29, 0.717) is 6.04 Å². The molecule has 1 aromatic heterocycles. The molecule has 4 nitrogen and oxygen atoms in total. The number of carbonyl (C=O) groups is 1. The summed E-state index contributed by atoms with van der Waals surface area (Å²) >= 11 is 0.